The second-order valence-electron chi connectivity index (χ2n) is 5.73. The number of benzene rings is 2. The molecule has 0 heterocycles. The molecule has 0 saturated heterocycles. The van der Waals surface area contributed by atoms with Crippen molar-refractivity contribution in [3.63, 3.8) is 0 Å². The molecule has 0 aromatic heterocycles. The van der Waals surface area contributed by atoms with Crippen molar-refractivity contribution in [2.45, 2.75) is 25.4 Å². The maximum absolute atomic E-state index is 10.8. The maximum Gasteiger partial charge on any atom is 0.126 e. The van der Waals surface area contributed by atoms with Crippen LogP contribution in [0.2, 0.25) is 0 Å². The minimum Gasteiger partial charge on any atom is -0.496 e. The van der Waals surface area contributed by atoms with Gasteiger partial charge >= 0.3 is 0 Å². The molecular formula is C17H21NO2. The topological polar surface area (TPSA) is 55.5 Å². The Morgan fingerprint density at radius 3 is 2.45 bits per heavy atom. The van der Waals surface area contributed by atoms with E-state index in [4.69, 9.17) is 10.5 Å². The average Bonchev–Trinajstić information content (AvgIpc) is 2.45. The van der Waals surface area contributed by atoms with Gasteiger partial charge in [-0.2, -0.15) is 0 Å². The molecule has 1 atom stereocenters. The van der Waals surface area contributed by atoms with Gasteiger partial charge in [0, 0.05) is 17.3 Å². The number of nitrogens with two attached hydrogens (primary N) is 1. The fourth-order valence-electron chi connectivity index (χ4n) is 3.26. The molecule has 2 aromatic rings. The van der Waals surface area contributed by atoms with E-state index in [1.165, 1.54) is 0 Å². The summed E-state index contributed by atoms with van der Waals surface area (Å²) in [6.07, 6.45) is 2.66. The third kappa shape index (κ3) is 1.89. The summed E-state index contributed by atoms with van der Waals surface area (Å²) in [4.78, 5) is 0. The number of hydrogen-bond acceptors (Lipinski definition) is 3. The molecule has 1 aliphatic rings. The molecule has 1 saturated carbocycles. The van der Waals surface area contributed by atoms with Gasteiger partial charge in [0.25, 0.3) is 0 Å². The van der Waals surface area contributed by atoms with E-state index in [-0.39, 0.29) is 5.41 Å². The molecule has 0 amide bonds. The summed E-state index contributed by atoms with van der Waals surface area (Å²) in [5.41, 5.74) is 6.75. The van der Waals surface area contributed by atoms with E-state index in [2.05, 4.69) is 0 Å². The van der Waals surface area contributed by atoms with Gasteiger partial charge in [0.05, 0.1) is 13.2 Å². The van der Waals surface area contributed by atoms with Crippen LogP contribution in [0.4, 0.5) is 0 Å². The number of methoxy groups -OCH3 is 1. The Kier molecular flexibility index (Phi) is 3.40. The average molecular weight is 271 g/mol. The zero-order valence-corrected chi connectivity index (χ0v) is 11.8. The van der Waals surface area contributed by atoms with Crippen LogP contribution in [-0.4, -0.2) is 18.8 Å². The lowest BCUT2D eigenvalue weighted by Gasteiger charge is -2.45. The molecule has 0 radical (unpaired) electrons. The van der Waals surface area contributed by atoms with Gasteiger partial charge in [-0.15, -0.1) is 0 Å². The van der Waals surface area contributed by atoms with Crippen LogP contribution < -0.4 is 10.5 Å². The second kappa shape index (κ2) is 5.08. The van der Waals surface area contributed by atoms with Crippen molar-refractivity contribution in [2.75, 3.05) is 13.7 Å². The molecule has 2 aromatic carbocycles. The van der Waals surface area contributed by atoms with Crippen LogP contribution in [0.25, 0.3) is 10.8 Å². The van der Waals surface area contributed by atoms with Gasteiger partial charge in [0.1, 0.15) is 5.75 Å². The van der Waals surface area contributed by atoms with Crippen molar-refractivity contribution in [1.29, 1.82) is 0 Å². The summed E-state index contributed by atoms with van der Waals surface area (Å²) in [5, 5.41) is 12.9. The first-order chi connectivity index (χ1) is 9.72. The van der Waals surface area contributed by atoms with E-state index in [0.29, 0.717) is 6.54 Å². The fourth-order valence-corrected chi connectivity index (χ4v) is 3.26. The van der Waals surface area contributed by atoms with Crippen LogP contribution in [0.15, 0.2) is 36.4 Å². The predicted molar refractivity (Wildman–Crippen MR) is 80.8 cm³/mol. The summed E-state index contributed by atoms with van der Waals surface area (Å²) in [6, 6.07) is 12.0. The van der Waals surface area contributed by atoms with E-state index in [1.807, 2.05) is 36.4 Å². The van der Waals surface area contributed by atoms with Crippen molar-refractivity contribution >= 4 is 10.8 Å². The Balaban J connectivity index is 2.12. The molecule has 3 N–H and O–H groups in total. The highest BCUT2D eigenvalue weighted by Crippen LogP contribution is 2.50. The van der Waals surface area contributed by atoms with Crippen molar-refractivity contribution in [1.82, 2.24) is 0 Å². The highest BCUT2D eigenvalue weighted by Gasteiger charge is 2.43. The number of rotatable bonds is 4. The standard InChI is InChI=1S/C17H21NO2/c1-20-15-8-7-14(12-5-2-3-6-13(12)15)16(19)17(11-18)9-4-10-17/h2-3,5-8,16,19H,4,9-11,18H2,1H3. The summed E-state index contributed by atoms with van der Waals surface area (Å²) >= 11 is 0. The number of fused-ring (bicyclic) bond motifs is 1. The highest BCUT2D eigenvalue weighted by molar-refractivity contribution is 5.91. The van der Waals surface area contributed by atoms with Gasteiger partial charge in [0.2, 0.25) is 0 Å². The lowest BCUT2D eigenvalue weighted by atomic mass is 9.63. The van der Waals surface area contributed by atoms with Crippen LogP contribution in [0, 0.1) is 5.41 Å². The molecule has 1 unspecified atom stereocenters. The molecule has 3 nitrogen and oxygen atoms in total. The lowest BCUT2D eigenvalue weighted by Crippen LogP contribution is -2.42. The summed E-state index contributed by atoms with van der Waals surface area (Å²) < 4.78 is 5.41. The first-order valence-electron chi connectivity index (χ1n) is 7.15. The fraction of sp³-hybridized carbons (Fsp3) is 0.412. The van der Waals surface area contributed by atoms with Crippen LogP contribution in [0.5, 0.6) is 5.75 Å². The van der Waals surface area contributed by atoms with E-state index in [1.54, 1.807) is 7.11 Å². The highest BCUT2D eigenvalue weighted by atomic mass is 16.5. The molecule has 3 rings (SSSR count). The third-order valence-electron chi connectivity index (χ3n) is 4.77. The monoisotopic (exact) mass is 271 g/mol. The Hall–Kier alpha value is -1.58. The first-order valence-corrected chi connectivity index (χ1v) is 7.15. The zero-order chi connectivity index (χ0) is 14.2. The third-order valence-corrected chi connectivity index (χ3v) is 4.77. The lowest BCUT2D eigenvalue weighted by molar-refractivity contribution is -0.0288. The van der Waals surface area contributed by atoms with Gasteiger partial charge in [-0.3, -0.25) is 0 Å². The van der Waals surface area contributed by atoms with Crippen molar-refractivity contribution in [3.8, 4) is 5.75 Å². The normalized spacial score (nSPS) is 18.6. The van der Waals surface area contributed by atoms with E-state index in [9.17, 15) is 5.11 Å². The Bertz CT molecular complexity index is 614. The first kappa shape index (κ1) is 13.4. The number of aliphatic hydroxyl groups is 1. The van der Waals surface area contributed by atoms with Gasteiger partial charge in [-0.05, 0) is 29.9 Å². The smallest absolute Gasteiger partial charge is 0.126 e. The molecule has 1 aliphatic carbocycles. The van der Waals surface area contributed by atoms with Crippen molar-refractivity contribution < 1.29 is 9.84 Å². The number of aliphatic hydroxyl groups excluding tert-OH is 1. The van der Waals surface area contributed by atoms with E-state index in [0.717, 1.165) is 41.3 Å². The van der Waals surface area contributed by atoms with Gasteiger partial charge in [-0.1, -0.05) is 36.8 Å². The SMILES string of the molecule is COc1ccc(C(O)C2(CN)CCC2)c2ccccc12. The van der Waals surface area contributed by atoms with Crippen molar-refractivity contribution in [3.05, 3.63) is 42.0 Å². The van der Waals surface area contributed by atoms with Crippen LogP contribution in [0.1, 0.15) is 30.9 Å². The molecular weight excluding hydrogens is 250 g/mol. The number of hydrogen-bond donors (Lipinski definition) is 2. The summed E-state index contributed by atoms with van der Waals surface area (Å²) in [5.74, 6) is 0.840. The molecule has 20 heavy (non-hydrogen) atoms. The molecule has 106 valence electrons. The van der Waals surface area contributed by atoms with Gasteiger partial charge in [-0.25, -0.2) is 0 Å². The second-order valence-corrected chi connectivity index (χ2v) is 5.73. The molecule has 0 spiro atoms. The van der Waals surface area contributed by atoms with E-state index < -0.39 is 6.10 Å². The molecule has 1 fully saturated rings. The Morgan fingerprint density at radius 1 is 1.20 bits per heavy atom. The molecule has 0 aliphatic heterocycles. The van der Waals surface area contributed by atoms with E-state index >= 15 is 0 Å². The zero-order valence-electron chi connectivity index (χ0n) is 11.8. The minimum atomic E-state index is -0.503. The van der Waals surface area contributed by atoms with Crippen molar-refractivity contribution in [2.24, 2.45) is 11.1 Å². The largest absolute Gasteiger partial charge is 0.496 e. The Labute approximate surface area is 119 Å². The molecule has 3 heteroatoms. The molecule has 0 bridgehead atoms. The van der Waals surface area contributed by atoms with Crippen LogP contribution in [0.3, 0.4) is 0 Å². The number of ether oxygens (including phenoxy) is 1. The van der Waals surface area contributed by atoms with Gasteiger partial charge in [0.15, 0.2) is 0 Å². The van der Waals surface area contributed by atoms with Gasteiger partial charge < -0.3 is 15.6 Å². The van der Waals surface area contributed by atoms with Crippen LogP contribution >= 0.6 is 0 Å². The maximum atomic E-state index is 10.8. The minimum absolute atomic E-state index is 0.142. The quantitative estimate of drug-likeness (QED) is 0.898. The predicted octanol–water partition coefficient (Wildman–Crippen LogP) is 3.01. The summed E-state index contributed by atoms with van der Waals surface area (Å²) in [7, 11) is 1.67. The van der Waals surface area contributed by atoms with Crippen LogP contribution in [-0.2, 0) is 0 Å². The summed E-state index contributed by atoms with van der Waals surface area (Å²) in [6.45, 7) is 0.536. The Morgan fingerprint density at radius 2 is 1.90 bits per heavy atom.